The molecule has 62 valence electrons. The lowest BCUT2D eigenvalue weighted by atomic mass is 10.4. The van der Waals surface area contributed by atoms with E-state index in [0.29, 0.717) is 5.69 Å². The van der Waals surface area contributed by atoms with Gasteiger partial charge in [-0.05, 0) is 6.92 Å². The zero-order chi connectivity index (χ0) is 8.48. The summed E-state index contributed by atoms with van der Waals surface area (Å²) < 4.78 is 25.6. The molecule has 0 aliphatic carbocycles. The highest BCUT2D eigenvalue weighted by Gasteiger charge is 2.08. The minimum Gasteiger partial charge on any atom is -0.360 e. The lowest BCUT2D eigenvalue weighted by molar-refractivity contribution is 0.389. The summed E-state index contributed by atoms with van der Waals surface area (Å²) in [6.07, 6.45) is 0. The van der Waals surface area contributed by atoms with Gasteiger partial charge in [-0.1, -0.05) is 5.16 Å². The van der Waals surface area contributed by atoms with E-state index < -0.39 is 10.0 Å². The van der Waals surface area contributed by atoms with Crippen molar-refractivity contribution in [3.05, 3.63) is 17.5 Å². The van der Waals surface area contributed by atoms with Gasteiger partial charge in [0.15, 0.2) is 5.76 Å². The van der Waals surface area contributed by atoms with E-state index in [-0.39, 0.29) is 11.5 Å². The molecule has 1 heterocycles. The van der Waals surface area contributed by atoms with E-state index in [4.69, 9.17) is 5.14 Å². The van der Waals surface area contributed by atoms with Crippen LogP contribution in [0.25, 0.3) is 0 Å². The van der Waals surface area contributed by atoms with Gasteiger partial charge in [0.2, 0.25) is 10.0 Å². The normalized spacial score (nSPS) is 11.8. The monoisotopic (exact) mass is 176 g/mol. The molecule has 1 aromatic rings. The molecule has 0 saturated carbocycles. The van der Waals surface area contributed by atoms with Crippen molar-refractivity contribution in [1.82, 2.24) is 5.16 Å². The van der Waals surface area contributed by atoms with Gasteiger partial charge in [-0.25, -0.2) is 13.6 Å². The van der Waals surface area contributed by atoms with E-state index in [2.05, 4.69) is 9.68 Å². The Balaban J connectivity index is 2.81. The molecule has 6 heteroatoms. The molecule has 0 fully saturated rings. The van der Waals surface area contributed by atoms with E-state index in [0.717, 1.165) is 0 Å². The van der Waals surface area contributed by atoms with Gasteiger partial charge in [-0.2, -0.15) is 0 Å². The van der Waals surface area contributed by atoms with Gasteiger partial charge in [-0.15, -0.1) is 0 Å². The van der Waals surface area contributed by atoms with Crippen LogP contribution in [0.2, 0.25) is 0 Å². The van der Waals surface area contributed by atoms with E-state index >= 15 is 0 Å². The van der Waals surface area contributed by atoms with Gasteiger partial charge in [0, 0.05) is 6.07 Å². The fourth-order valence-electron chi connectivity index (χ4n) is 0.683. The third-order valence-corrected chi connectivity index (χ3v) is 1.71. The van der Waals surface area contributed by atoms with Crippen LogP contribution in [0.3, 0.4) is 0 Å². The predicted octanol–water partition coefficient (Wildman–Crippen LogP) is -0.228. The van der Waals surface area contributed by atoms with Gasteiger partial charge in [0.05, 0.1) is 5.69 Å². The Hall–Kier alpha value is -0.880. The molecular formula is C5H8N2O3S. The highest BCUT2D eigenvalue weighted by atomic mass is 32.2. The van der Waals surface area contributed by atoms with Crippen LogP contribution in [0.4, 0.5) is 0 Å². The molecule has 0 atom stereocenters. The molecule has 0 saturated heterocycles. The quantitative estimate of drug-likeness (QED) is 0.674. The van der Waals surface area contributed by atoms with Crippen LogP contribution in [0.5, 0.6) is 0 Å². The van der Waals surface area contributed by atoms with Crippen molar-refractivity contribution in [1.29, 1.82) is 0 Å². The zero-order valence-electron chi connectivity index (χ0n) is 5.94. The molecule has 5 nitrogen and oxygen atoms in total. The summed E-state index contributed by atoms with van der Waals surface area (Å²) in [6, 6.07) is 1.53. The summed E-state index contributed by atoms with van der Waals surface area (Å²) in [5.74, 6) is -0.0293. The number of hydrogen-bond acceptors (Lipinski definition) is 4. The highest BCUT2D eigenvalue weighted by Crippen LogP contribution is 2.04. The molecule has 0 spiro atoms. The van der Waals surface area contributed by atoms with Crippen LogP contribution in [-0.2, 0) is 15.8 Å². The number of rotatable bonds is 2. The zero-order valence-corrected chi connectivity index (χ0v) is 6.76. The van der Waals surface area contributed by atoms with E-state index in [1.54, 1.807) is 6.92 Å². The van der Waals surface area contributed by atoms with Crippen LogP contribution in [0.1, 0.15) is 11.5 Å². The minimum atomic E-state index is -3.50. The first kappa shape index (κ1) is 8.22. The number of sulfonamides is 1. The van der Waals surface area contributed by atoms with Crippen molar-refractivity contribution in [2.45, 2.75) is 12.7 Å². The molecule has 0 radical (unpaired) electrons. The van der Waals surface area contributed by atoms with Gasteiger partial charge in [0.1, 0.15) is 5.75 Å². The molecule has 1 rings (SSSR count). The Morgan fingerprint density at radius 1 is 1.73 bits per heavy atom. The molecule has 0 bridgehead atoms. The first-order chi connectivity index (χ1) is 4.97. The molecule has 0 unspecified atom stereocenters. The van der Waals surface area contributed by atoms with Crippen LogP contribution >= 0.6 is 0 Å². The number of aromatic nitrogens is 1. The summed E-state index contributed by atoms with van der Waals surface area (Å²) >= 11 is 0. The van der Waals surface area contributed by atoms with Gasteiger partial charge in [0.25, 0.3) is 0 Å². The lowest BCUT2D eigenvalue weighted by Crippen LogP contribution is -2.13. The second-order valence-electron chi connectivity index (χ2n) is 2.24. The minimum absolute atomic E-state index is 0.269. The van der Waals surface area contributed by atoms with Crippen LogP contribution in [0, 0.1) is 6.92 Å². The number of aryl methyl sites for hydroxylation is 1. The fraction of sp³-hybridized carbons (Fsp3) is 0.400. The van der Waals surface area contributed by atoms with Crippen molar-refractivity contribution < 1.29 is 12.9 Å². The maximum absolute atomic E-state index is 10.5. The van der Waals surface area contributed by atoms with Crippen molar-refractivity contribution in [2.24, 2.45) is 5.14 Å². The second kappa shape index (κ2) is 2.63. The van der Waals surface area contributed by atoms with E-state index in [1.165, 1.54) is 6.07 Å². The Bertz CT molecular complexity index is 340. The van der Waals surface area contributed by atoms with Crippen molar-refractivity contribution in [2.75, 3.05) is 0 Å². The van der Waals surface area contributed by atoms with E-state index in [9.17, 15) is 8.42 Å². The summed E-state index contributed by atoms with van der Waals surface area (Å²) in [5.41, 5.74) is 0.642. The Morgan fingerprint density at radius 3 is 2.73 bits per heavy atom. The molecule has 2 N–H and O–H groups in total. The number of nitrogens with zero attached hydrogens (tertiary/aromatic N) is 1. The number of hydrogen-bond donors (Lipinski definition) is 1. The number of nitrogens with two attached hydrogens (primary N) is 1. The second-order valence-corrected chi connectivity index (χ2v) is 3.86. The first-order valence-electron chi connectivity index (χ1n) is 2.90. The van der Waals surface area contributed by atoms with Crippen molar-refractivity contribution >= 4 is 10.0 Å². The Labute approximate surface area is 64.2 Å². The predicted molar refractivity (Wildman–Crippen MR) is 38.1 cm³/mol. The molecule has 0 aromatic carbocycles. The highest BCUT2D eigenvalue weighted by molar-refractivity contribution is 7.88. The topological polar surface area (TPSA) is 86.2 Å². The maximum atomic E-state index is 10.5. The van der Waals surface area contributed by atoms with Gasteiger partial charge < -0.3 is 4.52 Å². The summed E-state index contributed by atoms with van der Waals surface area (Å²) in [7, 11) is -3.50. The Morgan fingerprint density at radius 2 is 2.36 bits per heavy atom. The number of primary sulfonamides is 1. The molecular weight excluding hydrogens is 168 g/mol. The third-order valence-electron chi connectivity index (χ3n) is 1.02. The molecule has 0 aliphatic rings. The molecule has 0 aliphatic heterocycles. The Kier molecular flexibility index (Phi) is 1.97. The molecule has 0 amide bonds. The third kappa shape index (κ3) is 2.69. The fourth-order valence-corrected chi connectivity index (χ4v) is 1.22. The van der Waals surface area contributed by atoms with Gasteiger partial charge in [-0.3, -0.25) is 0 Å². The summed E-state index contributed by atoms with van der Waals surface area (Å²) in [5, 5.41) is 8.27. The average molecular weight is 176 g/mol. The molecule has 1 aromatic heterocycles. The van der Waals surface area contributed by atoms with Crippen molar-refractivity contribution in [3.63, 3.8) is 0 Å². The largest absolute Gasteiger partial charge is 0.360 e. The average Bonchev–Trinajstić information content (AvgIpc) is 2.10. The summed E-state index contributed by atoms with van der Waals surface area (Å²) in [6.45, 7) is 1.70. The lowest BCUT2D eigenvalue weighted by Gasteiger charge is -1.89. The summed E-state index contributed by atoms with van der Waals surface area (Å²) in [4.78, 5) is 0. The maximum Gasteiger partial charge on any atom is 0.216 e. The molecule has 11 heavy (non-hydrogen) atoms. The first-order valence-corrected chi connectivity index (χ1v) is 4.61. The van der Waals surface area contributed by atoms with Crippen LogP contribution in [0.15, 0.2) is 10.6 Å². The van der Waals surface area contributed by atoms with Gasteiger partial charge >= 0.3 is 0 Å². The van der Waals surface area contributed by atoms with Crippen LogP contribution < -0.4 is 5.14 Å². The van der Waals surface area contributed by atoms with Crippen LogP contribution in [-0.4, -0.2) is 13.6 Å². The SMILES string of the molecule is Cc1cc(CS(N)(=O)=O)on1. The smallest absolute Gasteiger partial charge is 0.216 e. The van der Waals surface area contributed by atoms with Crippen molar-refractivity contribution in [3.8, 4) is 0 Å². The standard InChI is InChI=1S/C5H8N2O3S/c1-4-2-5(10-7-4)3-11(6,8)9/h2H,3H2,1H3,(H2,6,8,9). The van der Waals surface area contributed by atoms with E-state index in [1.807, 2.05) is 0 Å².